The number of hydrogen-bond donors (Lipinski definition) is 2. The van der Waals surface area contributed by atoms with Crippen LogP contribution < -0.4 is 4.72 Å². The predicted molar refractivity (Wildman–Crippen MR) is 89.1 cm³/mol. The molecule has 0 unspecified atom stereocenters. The normalized spacial score (nSPS) is 17.7. The van der Waals surface area contributed by atoms with Crippen LogP contribution in [0.1, 0.15) is 46.0 Å². The summed E-state index contributed by atoms with van der Waals surface area (Å²) in [5.41, 5.74) is -1.23. The number of likely N-dealkylation sites (N-methyl/N-ethyl adjacent to an activating group) is 1. The zero-order valence-electron chi connectivity index (χ0n) is 14.6. The summed E-state index contributed by atoms with van der Waals surface area (Å²) in [6, 6.07) is 0. The molecule has 0 spiro atoms. The number of carbonyl (C=O) groups excluding carboxylic acids is 1. The van der Waals surface area contributed by atoms with Crippen LogP contribution in [-0.2, 0) is 24.3 Å². The van der Waals surface area contributed by atoms with Gasteiger partial charge in [-0.25, -0.2) is 17.9 Å². The molecule has 0 aliphatic heterocycles. The minimum absolute atomic E-state index is 0.0378. The van der Waals surface area contributed by atoms with Gasteiger partial charge < -0.3 is 14.7 Å². The summed E-state index contributed by atoms with van der Waals surface area (Å²) in [4.78, 5) is 25.1. The van der Waals surface area contributed by atoms with E-state index in [4.69, 9.17) is 4.74 Å². The molecule has 0 radical (unpaired) electrons. The highest BCUT2D eigenvalue weighted by atomic mass is 32.2. The lowest BCUT2D eigenvalue weighted by molar-refractivity contribution is -0.159. The van der Waals surface area contributed by atoms with E-state index in [2.05, 4.69) is 4.72 Å². The van der Waals surface area contributed by atoms with E-state index in [1.807, 2.05) is 0 Å². The van der Waals surface area contributed by atoms with Gasteiger partial charge in [-0.15, -0.1) is 0 Å². The second kappa shape index (κ2) is 8.77. The van der Waals surface area contributed by atoms with E-state index in [1.165, 1.54) is 11.9 Å². The van der Waals surface area contributed by atoms with Crippen LogP contribution in [0.15, 0.2) is 0 Å². The number of carboxylic acid groups (broad SMARTS) is 1. The summed E-state index contributed by atoms with van der Waals surface area (Å²) in [7, 11) is -2.22. The minimum Gasteiger partial charge on any atom is -0.479 e. The maximum atomic E-state index is 12.3. The number of rotatable bonds is 9. The van der Waals surface area contributed by atoms with Gasteiger partial charge in [-0.1, -0.05) is 19.3 Å². The van der Waals surface area contributed by atoms with Crippen LogP contribution in [0.3, 0.4) is 0 Å². The fourth-order valence-corrected chi connectivity index (χ4v) is 3.63. The Bertz CT molecular complexity index is 540. The molecule has 2 N–H and O–H groups in total. The first kappa shape index (κ1) is 20.9. The van der Waals surface area contributed by atoms with Gasteiger partial charge in [0, 0.05) is 7.05 Å². The van der Waals surface area contributed by atoms with Gasteiger partial charge in [0.15, 0.2) is 0 Å². The third kappa shape index (κ3) is 5.71. The molecule has 140 valence electrons. The average Bonchev–Trinajstić information content (AvgIpc) is 2.51. The number of carbonyl (C=O) groups is 2. The topological polar surface area (TPSA) is 113 Å². The van der Waals surface area contributed by atoms with Gasteiger partial charge in [-0.2, -0.15) is 0 Å². The van der Waals surface area contributed by atoms with Gasteiger partial charge >= 0.3 is 5.97 Å². The maximum absolute atomic E-state index is 12.3. The molecule has 1 aliphatic rings. The Labute approximate surface area is 143 Å². The van der Waals surface area contributed by atoms with E-state index in [1.54, 1.807) is 13.8 Å². The summed E-state index contributed by atoms with van der Waals surface area (Å²) in [5, 5.41) is 9.56. The monoisotopic (exact) mass is 364 g/mol. The zero-order chi connectivity index (χ0) is 18.4. The Balaban J connectivity index is 2.61. The van der Waals surface area contributed by atoms with Crippen molar-refractivity contribution < 1.29 is 27.9 Å². The summed E-state index contributed by atoms with van der Waals surface area (Å²) in [5.74, 6) is -1.83. The van der Waals surface area contributed by atoms with Crippen LogP contribution in [0, 0.1) is 0 Å². The molecule has 1 saturated carbocycles. The molecular formula is C15H28N2O6S. The molecule has 1 amide bonds. The average molecular weight is 364 g/mol. The highest BCUT2D eigenvalue weighted by Gasteiger charge is 2.45. The largest absolute Gasteiger partial charge is 0.479 e. The fraction of sp³-hybridized carbons (Fsp3) is 0.867. The Morgan fingerprint density at radius 2 is 1.83 bits per heavy atom. The van der Waals surface area contributed by atoms with Crippen molar-refractivity contribution in [3.8, 4) is 0 Å². The Morgan fingerprint density at radius 1 is 1.25 bits per heavy atom. The van der Waals surface area contributed by atoms with E-state index in [-0.39, 0.29) is 18.5 Å². The molecule has 0 heterocycles. The third-order valence-electron chi connectivity index (χ3n) is 4.34. The number of carboxylic acids is 1. The van der Waals surface area contributed by atoms with Crippen molar-refractivity contribution in [1.29, 1.82) is 0 Å². The Kier molecular flexibility index (Phi) is 7.62. The van der Waals surface area contributed by atoms with Crippen LogP contribution in [0.2, 0.25) is 0 Å². The van der Waals surface area contributed by atoms with Gasteiger partial charge in [-0.05, 0) is 26.7 Å². The molecule has 0 atom stereocenters. The standard InChI is InChI=1S/C15H28N2O6S/c1-12(2)23-9-10-24(21,22)16-11-13(18)17(3)15(14(19)20)7-5-4-6-8-15/h12,16H,4-11H2,1-3H3,(H,19,20). The second-order valence-corrected chi connectivity index (χ2v) is 8.34. The Morgan fingerprint density at radius 3 is 2.33 bits per heavy atom. The molecule has 0 aromatic heterocycles. The van der Waals surface area contributed by atoms with Crippen molar-refractivity contribution in [1.82, 2.24) is 9.62 Å². The first-order valence-electron chi connectivity index (χ1n) is 8.20. The lowest BCUT2D eigenvalue weighted by atomic mass is 9.80. The molecule has 8 nitrogen and oxygen atoms in total. The van der Waals surface area contributed by atoms with Crippen LogP contribution in [0.25, 0.3) is 0 Å². The molecule has 1 rings (SSSR count). The van der Waals surface area contributed by atoms with Crippen molar-refractivity contribution in [2.24, 2.45) is 0 Å². The van der Waals surface area contributed by atoms with Crippen molar-refractivity contribution >= 4 is 21.9 Å². The third-order valence-corrected chi connectivity index (χ3v) is 5.63. The number of hydrogen-bond acceptors (Lipinski definition) is 5. The molecule has 0 aromatic carbocycles. The summed E-state index contributed by atoms with van der Waals surface area (Å²) in [6.07, 6.45) is 3.12. The minimum atomic E-state index is -3.65. The highest BCUT2D eigenvalue weighted by molar-refractivity contribution is 7.89. The number of ether oxygens (including phenoxy) is 1. The van der Waals surface area contributed by atoms with E-state index in [0.717, 1.165) is 19.3 Å². The van der Waals surface area contributed by atoms with Crippen molar-refractivity contribution in [3.63, 3.8) is 0 Å². The summed E-state index contributed by atoms with van der Waals surface area (Å²) < 4.78 is 31.1. The fourth-order valence-electron chi connectivity index (χ4n) is 2.82. The molecule has 0 bridgehead atoms. The van der Waals surface area contributed by atoms with Crippen molar-refractivity contribution in [2.75, 3.05) is 26.0 Å². The quantitative estimate of drug-likeness (QED) is 0.619. The zero-order valence-corrected chi connectivity index (χ0v) is 15.4. The first-order chi connectivity index (χ1) is 11.1. The first-order valence-corrected chi connectivity index (χ1v) is 9.85. The van der Waals surface area contributed by atoms with Gasteiger partial charge in [0.2, 0.25) is 15.9 Å². The van der Waals surface area contributed by atoms with Gasteiger partial charge in [0.1, 0.15) is 5.54 Å². The molecule has 0 aromatic rings. The number of nitrogens with one attached hydrogen (secondary N) is 1. The summed E-state index contributed by atoms with van der Waals surface area (Å²) in [6.45, 7) is 3.19. The molecule has 0 saturated heterocycles. The second-order valence-electron chi connectivity index (χ2n) is 6.41. The molecule has 1 aliphatic carbocycles. The molecule has 1 fully saturated rings. The maximum Gasteiger partial charge on any atom is 0.329 e. The molecule has 9 heteroatoms. The molecule has 24 heavy (non-hydrogen) atoms. The van der Waals surface area contributed by atoms with Gasteiger partial charge in [0.25, 0.3) is 0 Å². The van der Waals surface area contributed by atoms with E-state index < -0.39 is 34.0 Å². The van der Waals surface area contributed by atoms with Gasteiger partial charge in [0.05, 0.1) is 25.0 Å². The van der Waals surface area contributed by atoms with Crippen LogP contribution >= 0.6 is 0 Å². The van der Waals surface area contributed by atoms with Gasteiger partial charge in [-0.3, -0.25) is 4.79 Å². The number of nitrogens with zero attached hydrogens (tertiary/aromatic N) is 1. The van der Waals surface area contributed by atoms with Crippen LogP contribution in [0.5, 0.6) is 0 Å². The van der Waals surface area contributed by atoms with E-state index >= 15 is 0 Å². The van der Waals surface area contributed by atoms with Crippen LogP contribution in [-0.4, -0.2) is 67.9 Å². The van der Waals surface area contributed by atoms with E-state index in [9.17, 15) is 23.1 Å². The number of amides is 1. The SMILES string of the molecule is CC(C)OCCS(=O)(=O)NCC(=O)N(C)C1(C(=O)O)CCCCC1. The number of aliphatic carboxylic acids is 1. The van der Waals surface area contributed by atoms with Crippen molar-refractivity contribution in [3.05, 3.63) is 0 Å². The van der Waals surface area contributed by atoms with Crippen LogP contribution in [0.4, 0.5) is 0 Å². The van der Waals surface area contributed by atoms with Crippen molar-refractivity contribution in [2.45, 2.75) is 57.6 Å². The summed E-state index contributed by atoms with van der Waals surface area (Å²) >= 11 is 0. The lowest BCUT2D eigenvalue weighted by Gasteiger charge is -2.41. The lowest BCUT2D eigenvalue weighted by Crippen LogP contribution is -2.58. The highest BCUT2D eigenvalue weighted by Crippen LogP contribution is 2.33. The predicted octanol–water partition coefficient (Wildman–Crippen LogP) is 0.577. The number of sulfonamides is 1. The molecular weight excluding hydrogens is 336 g/mol. The van der Waals surface area contributed by atoms with E-state index in [0.29, 0.717) is 12.8 Å². The Hall–Kier alpha value is -1.19. The smallest absolute Gasteiger partial charge is 0.329 e.